The van der Waals surface area contributed by atoms with Crippen LogP contribution in [0.1, 0.15) is 49.0 Å². The third kappa shape index (κ3) is 4.95. The van der Waals surface area contributed by atoms with Gasteiger partial charge in [-0.1, -0.05) is 19.3 Å². The van der Waals surface area contributed by atoms with Crippen LogP contribution in [0, 0.1) is 19.8 Å². The van der Waals surface area contributed by atoms with Gasteiger partial charge in [0, 0.05) is 24.0 Å². The molecule has 3 aromatic heterocycles. The number of nitrogens with zero attached hydrogens (tertiary/aromatic N) is 3. The number of fused-ring (bicyclic) bond motifs is 1. The highest BCUT2D eigenvalue weighted by molar-refractivity contribution is 7.18. The topological polar surface area (TPSA) is 86.1 Å². The van der Waals surface area contributed by atoms with Crippen LogP contribution in [-0.4, -0.2) is 27.0 Å². The van der Waals surface area contributed by atoms with Crippen molar-refractivity contribution in [3.8, 4) is 5.75 Å². The van der Waals surface area contributed by atoms with Crippen LogP contribution in [-0.2, 0) is 11.3 Å². The van der Waals surface area contributed by atoms with E-state index < -0.39 is 0 Å². The van der Waals surface area contributed by atoms with Crippen LogP contribution in [0.15, 0.2) is 29.5 Å². The summed E-state index contributed by atoms with van der Waals surface area (Å²) in [4.78, 5) is 35.8. The molecule has 1 aliphatic carbocycles. The highest BCUT2D eigenvalue weighted by Gasteiger charge is 2.17. The van der Waals surface area contributed by atoms with Crippen molar-refractivity contribution in [2.75, 3.05) is 11.9 Å². The molecule has 7 nitrogen and oxygen atoms in total. The number of rotatable bonds is 7. The maximum Gasteiger partial charge on any atom is 0.262 e. The molecule has 0 atom stereocenters. The zero-order valence-corrected chi connectivity index (χ0v) is 18.8. The number of amides is 1. The van der Waals surface area contributed by atoms with Gasteiger partial charge in [-0.3, -0.25) is 14.2 Å². The Morgan fingerprint density at radius 1 is 1.26 bits per heavy atom. The number of aryl methyl sites for hydroxylation is 3. The molecule has 31 heavy (non-hydrogen) atoms. The summed E-state index contributed by atoms with van der Waals surface area (Å²) < 4.78 is 7.48. The fourth-order valence-corrected chi connectivity index (χ4v) is 5.00. The molecule has 0 bridgehead atoms. The average molecular weight is 441 g/mol. The maximum atomic E-state index is 12.8. The van der Waals surface area contributed by atoms with E-state index in [1.807, 2.05) is 19.9 Å². The summed E-state index contributed by atoms with van der Waals surface area (Å²) in [5.41, 5.74) is 0.860. The van der Waals surface area contributed by atoms with Crippen molar-refractivity contribution < 1.29 is 9.53 Å². The van der Waals surface area contributed by atoms with E-state index in [4.69, 9.17) is 4.74 Å². The van der Waals surface area contributed by atoms with Gasteiger partial charge in [0.25, 0.3) is 5.56 Å². The maximum absolute atomic E-state index is 12.8. The molecule has 1 N–H and O–H groups in total. The van der Waals surface area contributed by atoms with Gasteiger partial charge in [0.1, 0.15) is 4.83 Å². The van der Waals surface area contributed by atoms with Crippen molar-refractivity contribution in [2.45, 2.75) is 58.9 Å². The zero-order valence-electron chi connectivity index (χ0n) is 18.0. The first-order valence-corrected chi connectivity index (χ1v) is 11.7. The quantitative estimate of drug-likeness (QED) is 0.586. The molecule has 164 valence electrons. The lowest BCUT2D eigenvalue weighted by atomic mass is 9.90. The fourth-order valence-electron chi connectivity index (χ4n) is 4.01. The molecule has 3 heterocycles. The summed E-state index contributed by atoms with van der Waals surface area (Å²) >= 11 is 1.52. The fraction of sp³-hybridized carbons (Fsp3) is 0.478. The number of anilines is 1. The van der Waals surface area contributed by atoms with Crippen molar-refractivity contribution in [3.63, 3.8) is 0 Å². The SMILES string of the molecule is Cc1sc2ncn(CCC(=O)Nc3ncccc3OCC3CCCCC3)c(=O)c2c1C. The molecular weight excluding hydrogens is 412 g/mol. The largest absolute Gasteiger partial charge is 0.489 e. The van der Waals surface area contributed by atoms with Gasteiger partial charge in [0.05, 0.1) is 18.3 Å². The molecule has 0 aromatic carbocycles. The van der Waals surface area contributed by atoms with Crippen LogP contribution < -0.4 is 15.6 Å². The summed E-state index contributed by atoms with van der Waals surface area (Å²) in [5.74, 6) is 1.36. The third-order valence-corrected chi connectivity index (χ3v) is 7.08. The molecule has 4 rings (SSSR count). The first-order valence-electron chi connectivity index (χ1n) is 10.9. The molecule has 1 amide bonds. The van der Waals surface area contributed by atoms with Gasteiger partial charge in [-0.2, -0.15) is 0 Å². The first-order chi connectivity index (χ1) is 15.0. The van der Waals surface area contributed by atoms with E-state index in [2.05, 4.69) is 15.3 Å². The molecule has 1 saturated carbocycles. The van der Waals surface area contributed by atoms with E-state index in [9.17, 15) is 9.59 Å². The Kier molecular flexibility index (Phi) is 6.65. The Morgan fingerprint density at radius 2 is 2.06 bits per heavy atom. The number of hydrogen-bond donors (Lipinski definition) is 1. The summed E-state index contributed by atoms with van der Waals surface area (Å²) in [6.45, 7) is 4.83. The molecule has 0 unspecified atom stereocenters. The third-order valence-electron chi connectivity index (χ3n) is 5.96. The van der Waals surface area contributed by atoms with Gasteiger partial charge in [-0.15, -0.1) is 11.3 Å². The number of nitrogens with one attached hydrogen (secondary N) is 1. The highest BCUT2D eigenvalue weighted by Crippen LogP contribution is 2.27. The van der Waals surface area contributed by atoms with E-state index in [0.717, 1.165) is 15.3 Å². The number of thiophene rings is 1. The van der Waals surface area contributed by atoms with E-state index in [-0.39, 0.29) is 24.4 Å². The number of hydrogen-bond acceptors (Lipinski definition) is 6. The lowest BCUT2D eigenvalue weighted by molar-refractivity contribution is -0.116. The summed E-state index contributed by atoms with van der Waals surface area (Å²) in [6, 6.07) is 3.63. The van der Waals surface area contributed by atoms with E-state index in [0.29, 0.717) is 29.5 Å². The molecule has 1 fully saturated rings. The average Bonchev–Trinajstić information content (AvgIpc) is 3.07. The predicted molar refractivity (Wildman–Crippen MR) is 123 cm³/mol. The number of pyridine rings is 1. The van der Waals surface area contributed by atoms with E-state index >= 15 is 0 Å². The van der Waals surface area contributed by atoms with Crippen LogP contribution in [0.5, 0.6) is 5.75 Å². The normalized spacial score (nSPS) is 14.6. The molecule has 0 saturated heterocycles. The molecule has 0 spiro atoms. The number of carbonyl (C=O) groups is 1. The van der Waals surface area contributed by atoms with Gasteiger partial charge in [-0.05, 0) is 50.3 Å². The predicted octanol–water partition coefficient (Wildman–Crippen LogP) is 4.46. The molecule has 1 aliphatic rings. The Bertz CT molecular complexity index is 1130. The second-order valence-corrected chi connectivity index (χ2v) is 9.37. The highest BCUT2D eigenvalue weighted by atomic mass is 32.1. The van der Waals surface area contributed by atoms with Crippen molar-refractivity contribution in [1.82, 2.24) is 14.5 Å². The summed E-state index contributed by atoms with van der Waals surface area (Å²) in [6.07, 6.45) is 9.51. The Labute approximate surface area is 185 Å². The Balaban J connectivity index is 1.38. The Hall–Kier alpha value is -2.74. The smallest absolute Gasteiger partial charge is 0.262 e. The number of carbonyl (C=O) groups excluding carboxylic acids is 1. The van der Waals surface area contributed by atoms with Crippen LogP contribution in [0.25, 0.3) is 10.2 Å². The van der Waals surface area contributed by atoms with Crippen LogP contribution in [0.4, 0.5) is 5.82 Å². The van der Waals surface area contributed by atoms with Gasteiger partial charge < -0.3 is 10.1 Å². The van der Waals surface area contributed by atoms with Crippen molar-refractivity contribution >= 4 is 33.3 Å². The second-order valence-electron chi connectivity index (χ2n) is 8.17. The molecule has 0 radical (unpaired) electrons. The van der Waals surface area contributed by atoms with Gasteiger partial charge in [0.15, 0.2) is 11.6 Å². The molecular formula is C23H28N4O3S. The van der Waals surface area contributed by atoms with E-state index in [1.165, 1.54) is 54.3 Å². The minimum atomic E-state index is -0.216. The Morgan fingerprint density at radius 3 is 2.87 bits per heavy atom. The minimum absolute atomic E-state index is 0.103. The summed E-state index contributed by atoms with van der Waals surface area (Å²) in [5, 5.41) is 3.48. The lowest BCUT2D eigenvalue weighted by Crippen LogP contribution is -2.24. The van der Waals surface area contributed by atoms with Crippen LogP contribution in [0.2, 0.25) is 0 Å². The van der Waals surface area contributed by atoms with Crippen molar-refractivity contribution in [1.29, 1.82) is 0 Å². The standard InChI is InChI=1S/C23H28N4O3S/c1-15-16(2)31-22-20(15)23(29)27(14-25-22)12-10-19(28)26-21-18(9-6-11-24-21)30-13-17-7-4-3-5-8-17/h6,9,11,14,17H,3-5,7-8,10,12-13H2,1-2H3,(H,24,26,28). The van der Waals surface area contributed by atoms with Gasteiger partial charge in [0.2, 0.25) is 5.91 Å². The minimum Gasteiger partial charge on any atom is -0.489 e. The second kappa shape index (κ2) is 9.60. The molecule has 3 aromatic rings. The molecule has 8 heteroatoms. The lowest BCUT2D eigenvalue weighted by Gasteiger charge is -2.22. The van der Waals surface area contributed by atoms with Crippen LogP contribution >= 0.6 is 11.3 Å². The van der Waals surface area contributed by atoms with Gasteiger partial charge >= 0.3 is 0 Å². The van der Waals surface area contributed by atoms with Crippen molar-refractivity contribution in [3.05, 3.63) is 45.5 Å². The van der Waals surface area contributed by atoms with Crippen LogP contribution in [0.3, 0.4) is 0 Å². The summed E-state index contributed by atoms with van der Waals surface area (Å²) in [7, 11) is 0. The molecule has 0 aliphatic heterocycles. The number of ether oxygens (including phenoxy) is 1. The monoisotopic (exact) mass is 440 g/mol. The van der Waals surface area contributed by atoms with Crippen molar-refractivity contribution in [2.24, 2.45) is 5.92 Å². The first kappa shape index (κ1) is 21.5. The number of aromatic nitrogens is 3. The van der Waals surface area contributed by atoms with Gasteiger partial charge in [-0.25, -0.2) is 9.97 Å². The van der Waals surface area contributed by atoms with E-state index in [1.54, 1.807) is 12.3 Å². The zero-order chi connectivity index (χ0) is 21.8.